The van der Waals surface area contributed by atoms with E-state index in [1.807, 2.05) is 54.6 Å². The number of hydrogen-bond donors (Lipinski definition) is 1. The summed E-state index contributed by atoms with van der Waals surface area (Å²) in [6, 6.07) is 21.6. The van der Waals surface area contributed by atoms with E-state index in [4.69, 9.17) is 9.72 Å². The van der Waals surface area contributed by atoms with Crippen LogP contribution in [0.3, 0.4) is 0 Å². The second-order valence-corrected chi connectivity index (χ2v) is 8.72. The zero-order valence-corrected chi connectivity index (χ0v) is 19.0. The van der Waals surface area contributed by atoms with Crippen molar-refractivity contribution in [1.29, 1.82) is 0 Å². The zero-order chi connectivity index (χ0) is 22.3. The van der Waals surface area contributed by atoms with E-state index in [-0.39, 0.29) is 11.8 Å². The van der Waals surface area contributed by atoms with E-state index < -0.39 is 0 Å². The summed E-state index contributed by atoms with van der Waals surface area (Å²) in [4.78, 5) is 17.5. The molecule has 1 heterocycles. The number of para-hydroxylation sites is 1. The second kappa shape index (κ2) is 10.4. The van der Waals surface area contributed by atoms with Crippen LogP contribution in [0.4, 0.5) is 5.69 Å². The third-order valence-electron chi connectivity index (χ3n) is 6.16. The molecule has 1 aliphatic carbocycles. The lowest BCUT2D eigenvalue weighted by Crippen LogP contribution is -2.15. The lowest BCUT2D eigenvalue weighted by molar-refractivity contribution is -0.117. The van der Waals surface area contributed by atoms with Crippen LogP contribution in [-0.2, 0) is 17.6 Å². The van der Waals surface area contributed by atoms with Crippen molar-refractivity contribution in [2.45, 2.75) is 52.4 Å². The van der Waals surface area contributed by atoms with Crippen LogP contribution in [0.15, 0.2) is 66.7 Å². The number of ether oxygens (including phenoxy) is 1. The molecule has 4 heteroatoms. The van der Waals surface area contributed by atoms with Gasteiger partial charge in [0.25, 0.3) is 0 Å². The maximum atomic E-state index is 12.7. The number of amides is 1. The highest BCUT2D eigenvalue weighted by Gasteiger charge is 2.42. The summed E-state index contributed by atoms with van der Waals surface area (Å²) in [6.07, 6.45) is 6.43. The molecule has 1 aromatic heterocycles. The fourth-order valence-corrected chi connectivity index (χ4v) is 4.13. The summed E-state index contributed by atoms with van der Waals surface area (Å²) in [5.74, 6) is 2.14. The summed E-state index contributed by atoms with van der Waals surface area (Å²) in [5.41, 5.74) is 4.42. The Hall–Kier alpha value is -3.14. The maximum Gasteiger partial charge on any atom is 0.227 e. The standard InChI is InChI=1S/C28H32N2O2/c1-3-4-9-21-14-16-23(29-20(21)2)17-15-22-18-27(22)28(31)30-24-10-8-13-26(19-24)32-25-11-6-5-7-12-25/h5-8,10-14,16,19,22,27H,3-4,9,15,17-18H2,1-2H3,(H,30,31). The molecular weight excluding hydrogens is 396 g/mol. The molecule has 0 saturated heterocycles. The van der Waals surface area contributed by atoms with E-state index in [0.29, 0.717) is 11.7 Å². The van der Waals surface area contributed by atoms with Gasteiger partial charge in [-0.3, -0.25) is 9.78 Å². The van der Waals surface area contributed by atoms with Crippen LogP contribution in [-0.4, -0.2) is 10.9 Å². The molecule has 32 heavy (non-hydrogen) atoms. The largest absolute Gasteiger partial charge is 0.457 e. The van der Waals surface area contributed by atoms with Gasteiger partial charge < -0.3 is 10.1 Å². The number of aromatic nitrogens is 1. The number of pyridine rings is 1. The van der Waals surface area contributed by atoms with E-state index in [9.17, 15) is 4.79 Å². The van der Waals surface area contributed by atoms with Crippen LogP contribution >= 0.6 is 0 Å². The molecule has 3 aromatic rings. The number of rotatable bonds is 10. The molecular formula is C28H32N2O2. The van der Waals surface area contributed by atoms with Crippen molar-refractivity contribution in [3.63, 3.8) is 0 Å². The predicted molar refractivity (Wildman–Crippen MR) is 129 cm³/mol. The van der Waals surface area contributed by atoms with Gasteiger partial charge in [-0.2, -0.15) is 0 Å². The Kier molecular flexibility index (Phi) is 7.21. The Morgan fingerprint density at radius 3 is 2.62 bits per heavy atom. The molecule has 2 atom stereocenters. The first-order valence-electron chi connectivity index (χ1n) is 11.7. The topological polar surface area (TPSA) is 51.2 Å². The number of nitrogens with one attached hydrogen (secondary N) is 1. The van der Waals surface area contributed by atoms with Crippen molar-refractivity contribution in [3.05, 3.63) is 83.7 Å². The summed E-state index contributed by atoms with van der Waals surface area (Å²) in [6.45, 7) is 4.33. The van der Waals surface area contributed by atoms with Crippen LogP contribution in [0.5, 0.6) is 11.5 Å². The van der Waals surface area contributed by atoms with E-state index in [0.717, 1.165) is 48.5 Å². The van der Waals surface area contributed by atoms with Crippen LogP contribution < -0.4 is 10.1 Å². The smallest absolute Gasteiger partial charge is 0.227 e. The molecule has 0 aliphatic heterocycles. The number of anilines is 1. The Bertz CT molecular complexity index is 1050. The van der Waals surface area contributed by atoms with Gasteiger partial charge in [-0.15, -0.1) is 0 Å². The molecule has 166 valence electrons. The molecule has 0 radical (unpaired) electrons. The molecule has 2 unspecified atom stereocenters. The first-order chi connectivity index (χ1) is 15.6. The number of carbonyl (C=O) groups is 1. The van der Waals surface area contributed by atoms with Crippen LogP contribution in [0, 0.1) is 18.8 Å². The van der Waals surface area contributed by atoms with E-state index in [1.165, 1.54) is 18.4 Å². The van der Waals surface area contributed by atoms with Crippen molar-refractivity contribution in [3.8, 4) is 11.5 Å². The van der Waals surface area contributed by atoms with Gasteiger partial charge in [-0.05, 0) is 80.8 Å². The molecule has 1 fully saturated rings. The quantitative estimate of drug-likeness (QED) is 0.389. The lowest BCUT2D eigenvalue weighted by atomic mass is 10.0. The molecule has 1 saturated carbocycles. The van der Waals surface area contributed by atoms with Gasteiger partial charge >= 0.3 is 0 Å². The van der Waals surface area contributed by atoms with Crippen LogP contribution in [0.2, 0.25) is 0 Å². The molecule has 1 aliphatic rings. The number of hydrogen-bond acceptors (Lipinski definition) is 3. The Labute approximate surface area is 191 Å². The van der Waals surface area contributed by atoms with E-state index >= 15 is 0 Å². The average molecular weight is 429 g/mol. The van der Waals surface area contributed by atoms with Gasteiger partial charge in [0.15, 0.2) is 0 Å². The Morgan fingerprint density at radius 2 is 1.84 bits per heavy atom. The molecule has 0 spiro atoms. The molecule has 1 amide bonds. The van der Waals surface area contributed by atoms with E-state index in [2.05, 4.69) is 31.3 Å². The average Bonchev–Trinajstić information content (AvgIpc) is 3.58. The summed E-state index contributed by atoms with van der Waals surface area (Å²) in [5, 5.41) is 3.06. The third kappa shape index (κ3) is 5.97. The third-order valence-corrected chi connectivity index (χ3v) is 6.16. The molecule has 1 N–H and O–H groups in total. The molecule has 4 rings (SSSR count). The highest BCUT2D eigenvalue weighted by Crippen LogP contribution is 2.42. The van der Waals surface area contributed by atoms with Gasteiger partial charge in [0.1, 0.15) is 11.5 Å². The van der Waals surface area contributed by atoms with Gasteiger partial charge in [-0.1, -0.05) is 43.7 Å². The highest BCUT2D eigenvalue weighted by molar-refractivity contribution is 5.94. The van der Waals surface area contributed by atoms with Crippen molar-refractivity contribution in [1.82, 2.24) is 4.98 Å². The van der Waals surface area contributed by atoms with Gasteiger partial charge in [-0.25, -0.2) is 0 Å². The summed E-state index contributed by atoms with van der Waals surface area (Å²) < 4.78 is 5.87. The predicted octanol–water partition coefficient (Wildman–Crippen LogP) is 6.73. The van der Waals surface area contributed by atoms with Crippen molar-refractivity contribution < 1.29 is 9.53 Å². The van der Waals surface area contributed by atoms with Crippen LogP contribution in [0.1, 0.15) is 49.6 Å². The van der Waals surface area contributed by atoms with Gasteiger partial charge in [0.2, 0.25) is 5.91 Å². The number of nitrogens with zero attached hydrogens (tertiary/aromatic N) is 1. The first-order valence-corrected chi connectivity index (χ1v) is 11.7. The summed E-state index contributed by atoms with van der Waals surface area (Å²) in [7, 11) is 0. The molecule has 4 nitrogen and oxygen atoms in total. The van der Waals surface area contributed by atoms with Crippen molar-refractivity contribution in [2.24, 2.45) is 11.8 Å². The molecule has 0 bridgehead atoms. The number of carbonyl (C=O) groups excluding carboxylic acids is 1. The summed E-state index contributed by atoms with van der Waals surface area (Å²) >= 11 is 0. The van der Waals surface area contributed by atoms with Crippen molar-refractivity contribution >= 4 is 11.6 Å². The van der Waals surface area contributed by atoms with Gasteiger partial charge in [0.05, 0.1) is 0 Å². The van der Waals surface area contributed by atoms with Crippen molar-refractivity contribution in [2.75, 3.05) is 5.32 Å². The lowest BCUT2D eigenvalue weighted by Gasteiger charge is -2.09. The highest BCUT2D eigenvalue weighted by atomic mass is 16.5. The fraction of sp³-hybridized carbons (Fsp3) is 0.357. The maximum absolute atomic E-state index is 12.7. The number of aryl methyl sites for hydroxylation is 3. The first kappa shape index (κ1) is 22.1. The van der Waals surface area contributed by atoms with Crippen LogP contribution in [0.25, 0.3) is 0 Å². The molecule has 2 aromatic carbocycles. The normalized spacial score (nSPS) is 17.1. The van der Waals surface area contributed by atoms with E-state index in [1.54, 1.807) is 0 Å². The SMILES string of the molecule is CCCCc1ccc(CCC2CC2C(=O)Nc2cccc(Oc3ccccc3)c2)nc1C. The minimum Gasteiger partial charge on any atom is -0.457 e. The minimum atomic E-state index is 0.0959. The number of unbranched alkanes of at least 4 members (excludes halogenated alkanes) is 1. The Balaban J connectivity index is 1.25. The second-order valence-electron chi connectivity index (χ2n) is 8.72. The number of benzene rings is 2. The Morgan fingerprint density at radius 1 is 1.03 bits per heavy atom. The monoisotopic (exact) mass is 428 g/mol. The zero-order valence-electron chi connectivity index (χ0n) is 19.0. The van der Waals surface area contributed by atoms with Gasteiger partial charge in [0, 0.05) is 29.1 Å². The fourth-order valence-electron chi connectivity index (χ4n) is 4.13. The minimum absolute atomic E-state index is 0.0959.